The van der Waals surface area contributed by atoms with Crippen LogP contribution in [0.4, 0.5) is 13.9 Å². The van der Waals surface area contributed by atoms with Crippen molar-refractivity contribution in [3.63, 3.8) is 0 Å². The van der Waals surface area contributed by atoms with Crippen molar-refractivity contribution in [1.29, 1.82) is 0 Å². The number of nitrogens with zero attached hydrogens (tertiary/aromatic N) is 4. The van der Waals surface area contributed by atoms with Crippen LogP contribution in [0.3, 0.4) is 0 Å². The third-order valence-corrected chi connectivity index (χ3v) is 10.2. The van der Waals surface area contributed by atoms with Gasteiger partial charge in [-0.25, -0.2) is 13.8 Å². The van der Waals surface area contributed by atoms with Gasteiger partial charge in [-0.2, -0.15) is 0 Å². The van der Waals surface area contributed by atoms with E-state index in [1.54, 1.807) is 34.4 Å². The molecule has 230 valence electrons. The van der Waals surface area contributed by atoms with E-state index >= 15 is 0 Å². The molecule has 44 heavy (non-hydrogen) atoms. The number of thiazole rings is 1. The zero-order chi connectivity index (χ0) is 30.7. The van der Waals surface area contributed by atoms with Crippen LogP contribution in [0.1, 0.15) is 46.4 Å². The largest absolute Gasteiger partial charge is 0.367 e. The Balaban J connectivity index is 1.23. The van der Waals surface area contributed by atoms with Crippen LogP contribution in [0.5, 0.6) is 0 Å². The van der Waals surface area contributed by atoms with Crippen LogP contribution in [-0.2, 0) is 15.8 Å². The number of likely N-dealkylation sites (tertiary alicyclic amines) is 1. The highest BCUT2D eigenvalue weighted by Gasteiger charge is 2.43. The van der Waals surface area contributed by atoms with Crippen LogP contribution in [0.15, 0.2) is 84.2 Å². The molecule has 2 aliphatic rings. The lowest BCUT2D eigenvalue weighted by atomic mass is 9.70. The van der Waals surface area contributed by atoms with Gasteiger partial charge in [0.15, 0.2) is 16.8 Å². The summed E-state index contributed by atoms with van der Waals surface area (Å²) < 4.78 is 35.0. The molecule has 1 aromatic heterocycles. The van der Waals surface area contributed by atoms with Crippen molar-refractivity contribution in [3.05, 3.63) is 118 Å². The van der Waals surface area contributed by atoms with Gasteiger partial charge in [-0.15, -0.1) is 11.3 Å². The summed E-state index contributed by atoms with van der Waals surface area (Å²) in [5.41, 5.74) is 2.40. The van der Waals surface area contributed by atoms with Gasteiger partial charge in [0.05, 0.1) is 18.8 Å². The number of rotatable bonds is 8. The van der Waals surface area contributed by atoms with E-state index in [4.69, 9.17) is 9.72 Å². The zero-order valence-corrected chi connectivity index (χ0v) is 26.0. The molecule has 6 rings (SSSR count). The summed E-state index contributed by atoms with van der Waals surface area (Å²) in [6, 6.07) is 23.8. The summed E-state index contributed by atoms with van der Waals surface area (Å²) >= 11 is 1.67. The van der Waals surface area contributed by atoms with Crippen molar-refractivity contribution in [2.45, 2.75) is 30.3 Å². The number of aromatic nitrogens is 1. The van der Waals surface area contributed by atoms with Crippen LogP contribution < -0.4 is 4.90 Å². The third-order valence-electron chi connectivity index (χ3n) is 9.17. The Bertz CT molecular complexity index is 1570. The molecule has 0 aliphatic carbocycles. The Morgan fingerprint density at radius 2 is 1.64 bits per heavy atom. The second kappa shape index (κ2) is 12.8. The molecule has 0 saturated carbocycles. The number of hydrogen-bond donors (Lipinski definition) is 0. The first-order chi connectivity index (χ1) is 21.3. The monoisotopic (exact) mass is 616 g/mol. The Labute approximate surface area is 261 Å². The first-order valence-corrected chi connectivity index (χ1v) is 16.0. The highest BCUT2D eigenvalue weighted by molar-refractivity contribution is 7.13. The fraction of sp³-hybridized carbons (Fsp3) is 0.371. The fourth-order valence-corrected chi connectivity index (χ4v) is 7.46. The van der Waals surface area contributed by atoms with Gasteiger partial charge in [0.25, 0.3) is 5.91 Å². The van der Waals surface area contributed by atoms with Gasteiger partial charge in [-0.1, -0.05) is 54.6 Å². The Morgan fingerprint density at radius 1 is 0.932 bits per heavy atom. The Kier molecular flexibility index (Phi) is 8.80. The summed E-state index contributed by atoms with van der Waals surface area (Å²) in [5.74, 6) is -1.90. The molecule has 9 heteroatoms. The molecule has 3 heterocycles. The average molecular weight is 617 g/mol. The van der Waals surface area contributed by atoms with Gasteiger partial charge >= 0.3 is 0 Å². The van der Waals surface area contributed by atoms with Crippen molar-refractivity contribution >= 4 is 22.4 Å². The molecule has 1 amide bonds. The molecule has 0 radical (unpaired) electrons. The lowest BCUT2D eigenvalue weighted by Gasteiger charge is -2.46. The predicted molar refractivity (Wildman–Crippen MR) is 170 cm³/mol. The number of anilines is 1. The maximum absolute atomic E-state index is 14.5. The zero-order valence-electron chi connectivity index (χ0n) is 25.2. The molecular weight excluding hydrogens is 578 g/mol. The molecule has 0 N–H and O–H groups in total. The number of amides is 1. The number of hydrogen-bond acceptors (Lipinski definition) is 6. The first kappa shape index (κ1) is 30.4. The van der Waals surface area contributed by atoms with E-state index in [2.05, 4.69) is 39.4 Å². The van der Waals surface area contributed by atoms with Crippen molar-refractivity contribution in [2.24, 2.45) is 0 Å². The van der Waals surface area contributed by atoms with Crippen molar-refractivity contribution in [3.8, 4) is 0 Å². The number of morpholine rings is 1. The number of carbonyl (C=O) groups excluding carboxylic acids is 1. The van der Waals surface area contributed by atoms with Gasteiger partial charge < -0.3 is 19.4 Å². The van der Waals surface area contributed by atoms with E-state index < -0.39 is 17.2 Å². The SMILES string of the molecule is CN(C)c1nc(C2(c3ccccc3)CCN(CCC3(c4ccc(F)c(F)c4)CN(C(=O)c4ccccc4)CCO3)CC2)cs1. The Hall–Kier alpha value is -3.66. The maximum atomic E-state index is 14.5. The minimum absolute atomic E-state index is 0.0909. The standard InChI is InChI=1S/C35H38F2N4O2S/c1-39(2)33-38-31(24-44-33)34(27-11-7-4-8-12-27)15-18-40(19-16-34)20-17-35(28-13-14-29(36)30(37)23-28)25-41(21-22-43-35)32(42)26-9-5-3-6-10-26/h3-14,23-24H,15-22,25H2,1-2H3. The van der Waals surface area contributed by atoms with E-state index in [0.29, 0.717) is 37.2 Å². The fourth-order valence-electron chi connectivity index (χ4n) is 6.61. The number of halogens is 2. The molecule has 4 aromatic rings. The van der Waals surface area contributed by atoms with Gasteiger partial charge in [-0.05, 0) is 67.7 Å². The molecule has 2 saturated heterocycles. The van der Waals surface area contributed by atoms with E-state index in [1.807, 2.05) is 38.4 Å². The molecule has 0 spiro atoms. The molecule has 1 unspecified atom stereocenters. The summed E-state index contributed by atoms with van der Waals surface area (Å²) in [4.78, 5) is 24.7. The number of ether oxygens (including phenoxy) is 1. The molecule has 3 aromatic carbocycles. The molecule has 0 bridgehead atoms. The lowest BCUT2D eigenvalue weighted by molar-refractivity contribution is -0.113. The molecule has 2 aliphatic heterocycles. The van der Waals surface area contributed by atoms with Crippen molar-refractivity contribution < 1.29 is 18.3 Å². The smallest absolute Gasteiger partial charge is 0.254 e. The minimum Gasteiger partial charge on any atom is -0.367 e. The Morgan fingerprint density at radius 3 is 2.30 bits per heavy atom. The number of carbonyl (C=O) groups is 1. The second-order valence-electron chi connectivity index (χ2n) is 12.0. The van der Waals surface area contributed by atoms with Crippen LogP contribution >= 0.6 is 11.3 Å². The van der Waals surface area contributed by atoms with Crippen LogP contribution in [-0.4, -0.2) is 74.1 Å². The van der Waals surface area contributed by atoms with Crippen LogP contribution in [0.2, 0.25) is 0 Å². The molecule has 1 atom stereocenters. The lowest BCUT2D eigenvalue weighted by Crippen LogP contribution is -2.53. The van der Waals surface area contributed by atoms with Gasteiger partial charge in [0, 0.05) is 43.5 Å². The maximum Gasteiger partial charge on any atom is 0.254 e. The van der Waals surface area contributed by atoms with E-state index in [0.717, 1.165) is 42.8 Å². The average Bonchev–Trinajstić information content (AvgIpc) is 3.58. The summed E-state index contributed by atoms with van der Waals surface area (Å²) in [7, 11) is 4.04. The van der Waals surface area contributed by atoms with Crippen molar-refractivity contribution in [1.82, 2.24) is 14.8 Å². The van der Waals surface area contributed by atoms with Crippen molar-refractivity contribution in [2.75, 3.05) is 58.3 Å². The van der Waals surface area contributed by atoms with E-state index in [-0.39, 0.29) is 17.9 Å². The van der Waals surface area contributed by atoms with E-state index in [9.17, 15) is 13.6 Å². The molecular formula is C35H38F2N4O2S. The van der Waals surface area contributed by atoms with Gasteiger partial charge in [0.2, 0.25) is 0 Å². The highest BCUT2D eigenvalue weighted by atomic mass is 32.1. The van der Waals surface area contributed by atoms with Gasteiger partial charge in [0.1, 0.15) is 5.60 Å². The predicted octanol–water partition coefficient (Wildman–Crippen LogP) is 6.33. The van der Waals surface area contributed by atoms with Gasteiger partial charge in [-0.3, -0.25) is 4.79 Å². The summed E-state index contributed by atoms with van der Waals surface area (Å²) in [6.07, 6.45) is 2.35. The summed E-state index contributed by atoms with van der Waals surface area (Å²) in [6.45, 7) is 3.41. The minimum atomic E-state index is -0.958. The number of piperidine rings is 1. The first-order valence-electron chi connectivity index (χ1n) is 15.1. The quantitative estimate of drug-likeness (QED) is 0.232. The number of benzene rings is 3. The topological polar surface area (TPSA) is 48.9 Å². The highest BCUT2D eigenvalue weighted by Crippen LogP contribution is 2.43. The molecule has 2 fully saturated rings. The normalized spacial score (nSPS) is 20.4. The van der Waals surface area contributed by atoms with Crippen LogP contribution in [0, 0.1) is 11.6 Å². The summed E-state index contributed by atoms with van der Waals surface area (Å²) in [5, 5.41) is 3.19. The second-order valence-corrected chi connectivity index (χ2v) is 12.9. The molecule has 6 nitrogen and oxygen atoms in total. The van der Waals surface area contributed by atoms with Crippen LogP contribution in [0.25, 0.3) is 0 Å². The van der Waals surface area contributed by atoms with E-state index in [1.165, 1.54) is 11.6 Å². The third kappa shape index (κ3) is 6.01.